The first kappa shape index (κ1) is 56.2. The maximum Gasteiger partial charge on any atom is 0.420 e. The van der Waals surface area contributed by atoms with E-state index in [1.807, 2.05) is 0 Å². The molecule has 22 nitrogen and oxygen atoms in total. The Morgan fingerprint density at radius 2 is 1.32 bits per heavy atom. The van der Waals surface area contributed by atoms with E-state index in [-0.39, 0.29) is 83.1 Å². The number of fused-ring (bicyclic) bond motifs is 2. The molecule has 1 saturated heterocycles. The second-order valence-corrected chi connectivity index (χ2v) is 20.9. The number of carboxylic acids is 1. The van der Waals surface area contributed by atoms with Gasteiger partial charge in [0.25, 0.3) is 0 Å². The number of nitrogens with zero attached hydrogens (tertiary/aromatic N) is 7. The lowest BCUT2D eigenvalue weighted by Gasteiger charge is -2.31. The summed E-state index contributed by atoms with van der Waals surface area (Å²) in [6.45, 7) is 1.37. The first-order valence-electron chi connectivity index (χ1n) is 24.3. The lowest BCUT2D eigenvalue weighted by molar-refractivity contribution is -0.156. The maximum absolute atomic E-state index is 14.6. The summed E-state index contributed by atoms with van der Waals surface area (Å²) in [7, 11) is -3.36. The number of rotatable bonds is 15. The molecule has 0 aliphatic carbocycles. The van der Waals surface area contributed by atoms with Gasteiger partial charge in [-0.25, -0.2) is 42.7 Å². The molecule has 0 spiro atoms. The van der Waals surface area contributed by atoms with Crippen LogP contribution in [-0.2, 0) is 49.4 Å². The Balaban J connectivity index is 0.798. The summed E-state index contributed by atoms with van der Waals surface area (Å²) < 4.78 is 128. The summed E-state index contributed by atoms with van der Waals surface area (Å²) in [5.74, 6) is -3.54. The molecule has 1 fully saturated rings. The molecule has 0 radical (unpaired) electrons. The molecule has 7 aromatic rings. The molecule has 5 heterocycles. The first-order chi connectivity index (χ1) is 38.3. The summed E-state index contributed by atoms with van der Waals surface area (Å²) in [5.41, 5.74) is -4.05. The summed E-state index contributed by atoms with van der Waals surface area (Å²) >= 11 is 0. The van der Waals surface area contributed by atoms with E-state index in [9.17, 15) is 63.8 Å². The molecule has 29 heteroatoms. The summed E-state index contributed by atoms with van der Waals surface area (Å²) in [4.78, 5) is 82.6. The minimum atomic E-state index is -5.11. The van der Waals surface area contributed by atoms with Crippen LogP contribution in [0.3, 0.4) is 0 Å². The Morgan fingerprint density at radius 1 is 0.691 bits per heavy atom. The van der Waals surface area contributed by atoms with E-state index in [0.717, 1.165) is 36.0 Å². The van der Waals surface area contributed by atoms with Gasteiger partial charge in [-0.15, -0.1) is 0 Å². The number of alkyl halides is 6. The van der Waals surface area contributed by atoms with Gasteiger partial charge in [-0.2, -0.15) is 26.3 Å². The van der Waals surface area contributed by atoms with E-state index in [1.165, 1.54) is 71.7 Å². The van der Waals surface area contributed by atoms with Gasteiger partial charge < -0.3 is 45.5 Å². The zero-order chi connectivity index (χ0) is 58.0. The number of aromatic nitrogens is 5. The molecular formula is C52H45F6N11O11S. The molecule has 5 N–H and O–H groups in total. The number of halogens is 6. The number of carboxylic acid groups (broad SMARTS) is 1. The van der Waals surface area contributed by atoms with Gasteiger partial charge in [0.15, 0.2) is 9.84 Å². The molecule has 1 unspecified atom stereocenters. The molecule has 5 amide bonds. The van der Waals surface area contributed by atoms with Crippen LogP contribution in [0.15, 0.2) is 110 Å². The number of urea groups is 1. The van der Waals surface area contributed by atoms with Crippen LogP contribution in [-0.4, -0.2) is 111 Å². The Morgan fingerprint density at radius 3 is 2.01 bits per heavy atom. The molecule has 422 valence electrons. The molecule has 9 rings (SSSR count). The summed E-state index contributed by atoms with van der Waals surface area (Å²) in [6, 6.07) is 17.7. The Hall–Kier alpha value is -9.54. The van der Waals surface area contributed by atoms with Crippen molar-refractivity contribution in [3.8, 4) is 29.0 Å². The van der Waals surface area contributed by atoms with E-state index >= 15 is 0 Å². The molecule has 0 saturated carbocycles. The van der Waals surface area contributed by atoms with Gasteiger partial charge >= 0.3 is 30.4 Å². The van der Waals surface area contributed by atoms with Crippen molar-refractivity contribution in [2.45, 2.75) is 44.6 Å². The number of amides is 5. The van der Waals surface area contributed by atoms with Crippen molar-refractivity contribution in [1.29, 1.82) is 0 Å². The lowest BCUT2D eigenvalue weighted by Crippen LogP contribution is -2.51. The number of anilines is 5. The van der Waals surface area contributed by atoms with Gasteiger partial charge in [0.05, 0.1) is 46.8 Å². The van der Waals surface area contributed by atoms with Crippen molar-refractivity contribution in [3.05, 3.63) is 132 Å². The minimum Gasteiger partial charge on any atom is -0.478 e. The van der Waals surface area contributed by atoms with Crippen LogP contribution in [0.4, 0.5) is 64.5 Å². The van der Waals surface area contributed by atoms with Gasteiger partial charge in [0, 0.05) is 73.0 Å². The van der Waals surface area contributed by atoms with E-state index in [4.69, 9.17) is 14.2 Å². The van der Waals surface area contributed by atoms with Crippen LogP contribution in [0.5, 0.6) is 29.0 Å². The van der Waals surface area contributed by atoms with Gasteiger partial charge in [-0.05, 0) is 97.8 Å². The summed E-state index contributed by atoms with van der Waals surface area (Å²) in [6.07, 6.45) is -6.39. The molecule has 0 bridgehead atoms. The van der Waals surface area contributed by atoms with Crippen molar-refractivity contribution in [3.63, 3.8) is 0 Å². The number of ether oxygens (including phenoxy) is 3. The third-order valence-corrected chi connectivity index (χ3v) is 14.3. The highest BCUT2D eigenvalue weighted by molar-refractivity contribution is 7.91. The number of aliphatic carboxylic acids is 1. The molecule has 2 aliphatic rings. The first-order valence-corrected chi connectivity index (χ1v) is 26.1. The van der Waals surface area contributed by atoms with Crippen LogP contribution in [0, 0.1) is 0 Å². The standard InChI is InChI=1S/C52H45F6N11O11S/c1-29(70)64-43-25-46(63-28-61-43)79-36-6-9-40-31(20-36)12-14-69(40)49(75)66-33-4-10-42(38(22-33)52(56,57)58)80-50(2,47(72)73)26-59-44(71)23-34-24-45(62-27-60-34)78-35-5-8-39-30(19-35)11-13-68(39)48(74)65-32-3-7-41(37(21-32)51(53,54)55)67-15-17-81(76,77)18-16-67/h3-11,13,19-22,24-25,27-28H,12,14-18,23,26H2,1-2H3,(H,59,71)(H,65,74)(H,66,75)(H,72,73)(H,61,63,64,70). The van der Waals surface area contributed by atoms with Gasteiger partial charge in [0.1, 0.15) is 35.7 Å². The predicted octanol–water partition coefficient (Wildman–Crippen LogP) is 8.29. The molecule has 81 heavy (non-hydrogen) atoms. The van der Waals surface area contributed by atoms with E-state index in [1.54, 1.807) is 24.3 Å². The van der Waals surface area contributed by atoms with Crippen molar-refractivity contribution in [2.75, 3.05) is 63.4 Å². The molecule has 2 aliphatic heterocycles. The SMILES string of the molecule is CC(=O)Nc1cc(Oc2ccc3c(c2)CCN3C(=O)Nc2ccc(OC(C)(CNC(=O)Cc3cc(Oc4ccc5c(ccn5C(=O)Nc5ccc(N6CCS(=O)(=O)CC6)c(C(F)(F)F)c5)c4)ncn3)C(=O)O)c(C(F)(F)F)c2)ncn1. The van der Waals surface area contributed by atoms with Crippen LogP contribution in [0.2, 0.25) is 0 Å². The van der Waals surface area contributed by atoms with Crippen molar-refractivity contribution < 1.29 is 78.1 Å². The predicted molar refractivity (Wildman–Crippen MR) is 279 cm³/mol. The van der Waals surface area contributed by atoms with Crippen molar-refractivity contribution >= 4 is 79.2 Å². The topological polar surface area (TPSA) is 278 Å². The number of hydrogen-bond acceptors (Lipinski definition) is 15. The van der Waals surface area contributed by atoms with Crippen molar-refractivity contribution in [2.24, 2.45) is 0 Å². The fourth-order valence-corrected chi connectivity index (χ4v) is 9.89. The normalized spacial score (nSPS) is 14.8. The lowest BCUT2D eigenvalue weighted by atomic mass is 10.1. The average molecular weight is 1150 g/mol. The minimum absolute atomic E-state index is 0.0528. The van der Waals surface area contributed by atoms with Gasteiger partial charge in [0.2, 0.25) is 29.2 Å². The highest BCUT2D eigenvalue weighted by Crippen LogP contribution is 2.42. The smallest absolute Gasteiger partial charge is 0.420 e. The van der Waals surface area contributed by atoms with Gasteiger partial charge in [-0.1, -0.05) is 0 Å². The quantitative estimate of drug-likeness (QED) is 0.0604. The molecule has 3 aromatic heterocycles. The second-order valence-electron chi connectivity index (χ2n) is 18.6. The number of sulfone groups is 1. The number of carbonyl (C=O) groups is 5. The number of benzene rings is 4. The Bertz CT molecular complexity index is 3740. The fraction of sp³-hybridized carbons (Fsp3) is 0.250. The van der Waals surface area contributed by atoms with Crippen LogP contribution in [0.1, 0.15) is 36.2 Å². The van der Waals surface area contributed by atoms with E-state index < -0.39 is 81.6 Å². The molecule has 1 atom stereocenters. The third-order valence-electron chi connectivity index (χ3n) is 12.7. The average Bonchev–Trinajstić information content (AvgIpc) is 4.25. The van der Waals surface area contributed by atoms with E-state index in [0.29, 0.717) is 40.4 Å². The number of hydrogen-bond donors (Lipinski definition) is 5. The van der Waals surface area contributed by atoms with Crippen LogP contribution in [0.25, 0.3) is 10.9 Å². The van der Waals surface area contributed by atoms with Crippen LogP contribution < -0.4 is 45.3 Å². The second kappa shape index (κ2) is 22.3. The number of nitrogens with one attached hydrogen (secondary N) is 4. The fourth-order valence-electron chi connectivity index (χ4n) is 8.68. The molecule has 4 aromatic carbocycles. The highest BCUT2D eigenvalue weighted by Gasteiger charge is 2.42. The largest absolute Gasteiger partial charge is 0.478 e. The Kier molecular flexibility index (Phi) is 15.5. The number of carbonyl (C=O) groups excluding carboxylic acids is 4. The zero-order valence-electron chi connectivity index (χ0n) is 42.4. The van der Waals surface area contributed by atoms with Gasteiger partial charge in [-0.3, -0.25) is 19.1 Å². The van der Waals surface area contributed by atoms with Crippen LogP contribution >= 0.6 is 0 Å². The highest BCUT2D eigenvalue weighted by atomic mass is 32.2. The maximum atomic E-state index is 14.6. The Labute approximate surface area is 455 Å². The third kappa shape index (κ3) is 13.3. The summed E-state index contributed by atoms with van der Waals surface area (Å²) in [5, 5.41) is 20.4. The van der Waals surface area contributed by atoms with E-state index in [2.05, 4.69) is 41.2 Å². The molecular weight excluding hydrogens is 1100 g/mol. The monoisotopic (exact) mass is 1150 g/mol. The van der Waals surface area contributed by atoms with Crippen molar-refractivity contribution in [1.82, 2.24) is 29.8 Å². The zero-order valence-corrected chi connectivity index (χ0v) is 43.2.